The van der Waals surface area contributed by atoms with Crippen LogP contribution >= 0.6 is 34.9 Å². The second-order valence-corrected chi connectivity index (χ2v) is 14.8. The normalized spacial score (nSPS) is 23.8. The Morgan fingerprint density at radius 1 is 1.32 bits per heavy atom. The van der Waals surface area contributed by atoms with Gasteiger partial charge >= 0.3 is 11.9 Å². The number of aromatic nitrogens is 1. The number of amides is 1. The van der Waals surface area contributed by atoms with Gasteiger partial charge in [0.15, 0.2) is 20.7 Å². The molecule has 0 bridgehead atoms. The number of β-lactam (4-membered cyclic amide) rings is 1. The molecule has 0 saturated carbocycles. The second-order valence-electron chi connectivity index (χ2n) is 10.9. The van der Waals surface area contributed by atoms with Gasteiger partial charge in [-0.15, -0.1) is 34.9 Å². The van der Waals surface area contributed by atoms with E-state index in [9.17, 15) is 24.3 Å². The maximum atomic E-state index is 13.5. The van der Waals surface area contributed by atoms with Crippen LogP contribution in [0.15, 0.2) is 10.5 Å². The van der Waals surface area contributed by atoms with E-state index in [0.29, 0.717) is 5.75 Å². The van der Waals surface area contributed by atoms with Crippen LogP contribution in [-0.2, 0) is 33.5 Å². The number of rotatable bonds is 13. The van der Waals surface area contributed by atoms with Crippen LogP contribution in [0.2, 0.25) is 0 Å². The van der Waals surface area contributed by atoms with E-state index in [1.54, 1.807) is 20.8 Å². The average molecular weight is 618 g/mol. The van der Waals surface area contributed by atoms with Crippen molar-refractivity contribution in [2.24, 2.45) is 16.8 Å². The number of methoxy groups -OCH3 is 1. The summed E-state index contributed by atoms with van der Waals surface area (Å²) >= 11 is 3.36. The van der Waals surface area contributed by atoms with Crippen LogP contribution in [0.1, 0.15) is 46.7 Å². The van der Waals surface area contributed by atoms with Crippen molar-refractivity contribution in [1.29, 1.82) is 0 Å². The van der Waals surface area contributed by atoms with Crippen LogP contribution in [0, 0.1) is 5.92 Å². The Labute approximate surface area is 244 Å². The molecule has 2 fully saturated rings. The summed E-state index contributed by atoms with van der Waals surface area (Å²) in [7, 11) is 1.51. The number of ketones is 1. The standard InChI is InChI=1S/C24H35N5O8S3/c1-22(2,3)36-20(34)23(4,5)37-28-16(14-10-38-21(26)27-14)15(30)7-13-17(31)29-11-24(19(32)33,40-18(13)29)39-9-12(25)8-35-6/h10,12-13,18H,7-9,11,25H2,1-6H3,(H2,26,27)(H,32,33)/b28-16-/t12-,13-,18?,24-/m1/s1. The summed E-state index contributed by atoms with van der Waals surface area (Å²) < 4.78 is 9.09. The lowest BCUT2D eigenvalue weighted by molar-refractivity contribution is -0.179. The molecule has 1 unspecified atom stereocenters. The second kappa shape index (κ2) is 12.2. The summed E-state index contributed by atoms with van der Waals surface area (Å²) in [6.45, 7) is 8.29. The predicted octanol–water partition coefficient (Wildman–Crippen LogP) is 1.54. The minimum absolute atomic E-state index is 0.0116. The van der Waals surface area contributed by atoms with Gasteiger partial charge in [0.1, 0.15) is 11.3 Å². The Kier molecular flexibility index (Phi) is 9.82. The fourth-order valence-corrected chi connectivity index (χ4v) is 7.49. The number of hydrogen-bond donors (Lipinski definition) is 3. The van der Waals surface area contributed by atoms with Crippen molar-refractivity contribution >= 4 is 69.3 Å². The molecule has 1 aromatic heterocycles. The molecule has 2 aliphatic heterocycles. The molecule has 1 amide bonds. The summed E-state index contributed by atoms with van der Waals surface area (Å²) in [5.74, 6) is -3.11. The average Bonchev–Trinajstić information content (AvgIpc) is 3.43. The van der Waals surface area contributed by atoms with E-state index in [-0.39, 0.29) is 48.1 Å². The van der Waals surface area contributed by atoms with E-state index >= 15 is 0 Å². The molecule has 4 atom stereocenters. The zero-order valence-electron chi connectivity index (χ0n) is 23.2. The number of thiazole rings is 1. The van der Waals surface area contributed by atoms with Gasteiger partial charge in [-0.2, -0.15) is 0 Å². The monoisotopic (exact) mass is 617 g/mol. The lowest BCUT2D eigenvalue weighted by atomic mass is 9.90. The van der Waals surface area contributed by atoms with Gasteiger partial charge in [-0.25, -0.2) is 14.6 Å². The summed E-state index contributed by atoms with van der Waals surface area (Å²) in [6.07, 6.45) is -0.261. The number of nitrogens with two attached hydrogens (primary N) is 2. The van der Waals surface area contributed by atoms with Crippen LogP contribution in [0.4, 0.5) is 5.13 Å². The summed E-state index contributed by atoms with van der Waals surface area (Å²) in [4.78, 5) is 62.4. The first-order valence-electron chi connectivity index (χ1n) is 12.3. The molecule has 3 rings (SSSR count). The van der Waals surface area contributed by atoms with Crippen LogP contribution in [-0.4, -0.2) is 97.0 Å². The highest BCUT2D eigenvalue weighted by Gasteiger charge is 2.62. The number of oxime groups is 1. The number of ether oxygens (including phenoxy) is 2. The van der Waals surface area contributed by atoms with E-state index < -0.39 is 44.3 Å². The number of carbonyl (C=O) groups is 4. The first-order chi connectivity index (χ1) is 18.5. The molecule has 5 N–H and O–H groups in total. The van der Waals surface area contributed by atoms with Crippen molar-refractivity contribution in [3.05, 3.63) is 11.1 Å². The number of anilines is 1. The summed E-state index contributed by atoms with van der Waals surface area (Å²) in [5.41, 5.74) is 9.37. The molecule has 222 valence electrons. The molecule has 0 radical (unpaired) electrons. The van der Waals surface area contributed by atoms with Gasteiger partial charge in [0, 0.05) is 30.7 Å². The Hall–Kier alpha value is -2.40. The van der Waals surface area contributed by atoms with E-state index in [0.717, 1.165) is 34.9 Å². The lowest BCUT2D eigenvalue weighted by Gasteiger charge is -2.41. The van der Waals surface area contributed by atoms with Crippen molar-refractivity contribution in [3.8, 4) is 0 Å². The minimum atomic E-state index is -1.53. The molecular weight excluding hydrogens is 582 g/mol. The van der Waals surface area contributed by atoms with Crippen molar-refractivity contribution in [3.63, 3.8) is 0 Å². The number of fused-ring (bicyclic) bond motifs is 1. The molecule has 2 aliphatic rings. The molecule has 3 heterocycles. The van der Waals surface area contributed by atoms with Crippen LogP contribution < -0.4 is 11.5 Å². The third-order valence-electron chi connectivity index (χ3n) is 5.87. The number of nitrogens with zero attached hydrogens (tertiary/aromatic N) is 3. The molecule has 0 aromatic carbocycles. The SMILES string of the molecule is COC[C@@H](N)CS[C@]1(C(=O)O)CN2C(=O)[C@@H](CC(=O)/C(=N\OC(C)(C)C(=O)OC(C)(C)C)c3csc(N)n3)C2S1. The van der Waals surface area contributed by atoms with Gasteiger partial charge in [-0.05, 0) is 34.6 Å². The smallest absolute Gasteiger partial charge is 0.353 e. The molecule has 2 saturated heterocycles. The first kappa shape index (κ1) is 32.1. The highest BCUT2D eigenvalue weighted by Crippen LogP contribution is 2.55. The Morgan fingerprint density at radius 2 is 2.00 bits per heavy atom. The first-order valence-corrected chi connectivity index (χ1v) is 15.1. The highest BCUT2D eigenvalue weighted by atomic mass is 32.2. The Balaban J connectivity index is 1.77. The molecule has 40 heavy (non-hydrogen) atoms. The number of carboxylic acid groups (broad SMARTS) is 1. The van der Waals surface area contributed by atoms with Crippen LogP contribution in [0.3, 0.4) is 0 Å². The number of aliphatic carboxylic acids is 1. The lowest BCUT2D eigenvalue weighted by Crippen LogP contribution is -2.57. The van der Waals surface area contributed by atoms with Crippen molar-refractivity contribution in [1.82, 2.24) is 9.88 Å². The van der Waals surface area contributed by atoms with Gasteiger partial charge < -0.3 is 35.8 Å². The zero-order chi connectivity index (χ0) is 30.0. The highest BCUT2D eigenvalue weighted by molar-refractivity contribution is 8.20. The topological polar surface area (TPSA) is 197 Å². The molecule has 0 spiro atoms. The van der Waals surface area contributed by atoms with Crippen LogP contribution in [0.5, 0.6) is 0 Å². The number of Topliss-reactive ketones (excluding diaryl/α,β-unsaturated/α-hetero) is 1. The van der Waals surface area contributed by atoms with Crippen molar-refractivity contribution in [2.75, 3.05) is 31.7 Å². The van der Waals surface area contributed by atoms with Gasteiger partial charge in [-0.1, -0.05) is 5.16 Å². The summed E-state index contributed by atoms with van der Waals surface area (Å²) in [5, 5.41) is 15.2. The minimum Gasteiger partial charge on any atom is -0.480 e. The third-order valence-corrected chi connectivity index (χ3v) is 10.1. The van der Waals surface area contributed by atoms with E-state index in [2.05, 4.69) is 10.1 Å². The third kappa shape index (κ3) is 7.26. The number of nitrogen functional groups attached to an aromatic ring is 1. The van der Waals surface area contributed by atoms with E-state index in [1.165, 1.54) is 31.2 Å². The van der Waals surface area contributed by atoms with Gasteiger partial charge in [-0.3, -0.25) is 9.59 Å². The van der Waals surface area contributed by atoms with E-state index in [4.69, 9.17) is 25.8 Å². The number of carboxylic acids is 1. The van der Waals surface area contributed by atoms with Gasteiger partial charge in [0.25, 0.3) is 0 Å². The molecule has 1 aromatic rings. The predicted molar refractivity (Wildman–Crippen MR) is 153 cm³/mol. The largest absolute Gasteiger partial charge is 0.480 e. The number of hydrogen-bond acceptors (Lipinski definition) is 14. The van der Waals surface area contributed by atoms with Gasteiger partial charge in [0.2, 0.25) is 11.5 Å². The molecule has 0 aliphatic carbocycles. The quantitative estimate of drug-likeness (QED) is 0.125. The fourth-order valence-electron chi connectivity index (χ4n) is 3.85. The zero-order valence-corrected chi connectivity index (χ0v) is 25.6. The molecule has 16 heteroatoms. The fraction of sp³-hybridized carbons (Fsp3) is 0.667. The van der Waals surface area contributed by atoms with Crippen molar-refractivity contribution in [2.45, 2.75) is 67.7 Å². The maximum Gasteiger partial charge on any atom is 0.353 e. The summed E-state index contributed by atoms with van der Waals surface area (Å²) in [6, 6.07) is -0.373. The Morgan fingerprint density at radius 3 is 2.55 bits per heavy atom. The molecule has 13 nitrogen and oxygen atoms in total. The van der Waals surface area contributed by atoms with Gasteiger partial charge in [0.05, 0.1) is 24.4 Å². The number of thioether (sulfide) groups is 2. The number of carbonyl (C=O) groups excluding carboxylic acids is 3. The molecular formula is C24H35N5O8S3. The van der Waals surface area contributed by atoms with Crippen molar-refractivity contribution < 1.29 is 38.6 Å². The maximum absolute atomic E-state index is 13.5. The van der Waals surface area contributed by atoms with E-state index in [1.807, 2.05) is 0 Å². The number of esters is 1. The Bertz CT molecular complexity index is 1180. The van der Waals surface area contributed by atoms with Crippen LogP contribution in [0.25, 0.3) is 0 Å².